The van der Waals surface area contributed by atoms with Gasteiger partial charge in [-0.05, 0) is 41.0 Å². The highest BCUT2D eigenvalue weighted by molar-refractivity contribution is 9.11. The summed E-state index contributed by atoms with van der Waals surface area (Å²) in [5.41, 5.74) is 11.5. The summed E-state index contributed by atoms with van der Waals surface area (Å²) in [4.78, 5) is 14.4. The Balaban J connectivity index is 2.99. The van der Waals surface area contributed by atoms with E-state index in [1.54, 1.807) is 11.3 Å². The van der Waals surface area contributed by atoms with E-state index in [1.807, 2.05) is 17.9 Å². The highest BCUT2D eigenvalue weighted by Crippen LogP contribution is 2.33. The monoisotopic (exact) mass is 333 g/mol. The van der Waals surface area contributed by atoms with E-state index >= 15 is 0 Å². The summed E-state index contributed by atoms with van der Waals surface area (Å²) in [5.74, 6) is -0.319. The quantitative estimate of drug-likeness (QED) is 0.802. The smallest absolute Gasteiger partial charge is 0.231 e. The van der Waals surface area contributed by atoms with Crippen molar-refractivity contribution in [3.8, 4) is 0 Å². The van der Waals surface area contributed by atoms with Crippen molar-refractivity contribution < 1.29 is 4.79 Å². The molecule has 102 valence electrons. The molecule has 0 bridgehead atoms. The third kappa shape index (κ3) is 4.05. The van der Waals surface area contributed by atoms with Gasteiger partial charge in [0.2, 0.25) is 5.91 Å². The number of hydrogen-bond acceptors (Lipinski definition) is 4. The van der Waals surface area contributed by atoms with Crippen molar-refractivity contribution in [3.63, 3.8) is 0 Å². The molecule has 4 N–H and O–H groups in total. The predicted octanol–water partition coefficient (Wildman–Crippen LogP) is 2.10. The molecule has 18 heavy (non-hydrogen) atoms. The molecule has 1 heterocycles. The Hall–Kier alpha value is -0.430. The van der Waals surface area contributed by atoms with Crippen LogP contribution < -0.4 is 11.5 Å². The van der Waals surface area contributed by atoms with Gasteiger partial charge in [-0.2, -0.15) is 0 Å². The maximum Gasteiger partial charge on any atom is 0.231 e. The van der Waals surface area contributed by atoms with Gasteiger partial charge < -0.3 is 11.5 Å². The molecular formula is C12H20BrN3OS. The van der Waals surface area contributed by atoms with E-state index in [0.29, 0.717) is 0 Å². The zero-order chi connectivity index (χ0) is 13.7. The topological polar surface area (TPSA) is 72.3 Å². The fourth-order valence-electron chi connectivity index (χ4n) is 1.98. The van der Waals surface area contributed by atoms with E-state index in [0.717, 1.165) is 16.8 Å². The van der Waals surface area contributed by atoms with Crippen LogP contribution in [0.3, 0.4) is 0 Å². The number of carbonyl (C=O) groups is 1. The molecule has 6 heteroatoms. The molecule has 0 aliphatic carbocycles. The number of amides is 1. The molecule has 0 fully saturated rings. The summed E-state index contributed by atoms with van der Waals surface area (Å²) in [6, 6.07) is 4.10. The van der Waals surface area contributed by atoms with Crippen molar-refractivity contribution in [1.29, 1.82) is 0 Å². The largest absolute Gasteiger partial charge is 0.369 e. The SMILES string of the molecule is CCC(N)C(c1ccc(Br)s1)N(CC)CC(N)=O. The Labute approximate surface area is 120 Å². The first-order valence-corrected chi connectivity index (χ1v) is 7.63. The van der Waals surface area contributed by atoms with Gasteiger partial charge in [-0.1, -0.05) is 13.8 Å². The first-order valence-electron chi connectivity index (χ1n) is 6.02. The highest BCUT2D eigenvalue weighted by atomic mass is 79.9. The third-order valence-electron chi connectivity index (χ3n) is 2.92. The molecule has 0 aliphatic rings. The van der Waals surface area contributed by atoms with Crippen molar-refractivity contribution >= 4 is 33.2 Å². The lowest BCUT2D eigenvalue weighted by atomic mass is 10.0. The average molecular weight is 334 g/mol. The minimum atomic E-state index is -0.319. The normalized spacial score (nSPS) is 14.7. The number of carbonyl (C=O) groups excluding carboxylic acids is 1. The molecule has 0 radical (unpaired) electrons. The number of nitrogens with two attached hydrogens (primary N) is 2. The van der Waals surface area contributed by atoms with Crippen LogP contribution in [-0.4, -0.2) is 29.9 Å². The zero-order valence-electron chi connectivity index (χ0n) is 10.7. The second-order valence-electron chi connectivity index (χ2n) is 4.19. The second kappa shape index (κ2) is 7.23. The first-order chi connectivity index (χ1) is 8.49. The van der Waals surface area contributed by atoms with Gasteiger partial charge >= 0.3 is 0 Å². The number of thiophene rings is 1. The van der Waals surface area contributed by atoms with Crippen molar-refractivity contribution in [2.24, 2.45) is 11.5 Å². The van der Waals surface area contributed by atoms with Gasteiger partial charge in [-0.25, -0.2) is 0 Å². The van der Waals surface area contributed by atoms with Crippen LogP contribution in [0.25, 0.3) is 0 Å². The number of hydrogen-bond donors (Lipinski definition) is 2. The van der Waals surface area contributed by atoms with Crippen LogP contribution in [0.2, 0.25) is 0 Å². The summed E-state index contributed by atoms with van der Waals surface area (Å²) >= 11 is 5.11. The Kier molecular flexibility index (Phi) is 6.28. The van der Waals surface area contributed by atoms with Gasteiger partial charge in [-0.15, -0.1) is 11.3 Å². The molecule has 0 aromatic carbocycles. The van der Waals surface area contributed by atoms with Crippen molar-refractivity contribution in [2.45, 2.75) is 32.4 Å². The van der Waals surface area contributed by atoms with E-state index in [1.165, 1.54) is 4.88 Å². The number of nitrogens with zero attached hydrogens (tertiary/aromatic N) is 1. The molecule has 1 amide bonds. The minimum absolute atomic E-state index is 0.00477. The fourth-order valence-corrected chi connectivity index (χ4v) is 3.61. The average Bonchev–Trinajstić information content (AvgIpc) is 2.73. The Morgan fingerprint density at radius 2 is 2.17 bits per heavy atom. The number of halogens is 1. The van der Waals surface area contributed by atoms with E-state index in [9.17, 15) is 4.79 Å². The predicted molar refractivity (Wildman–Crippen MR) is 79.5 cm³/mol. The van der Waals surface area contributed by atoms with Crippen molar-refractivity contribution in [1.82, 2.24) is 4.90 Å². The van der Waals surface area contributed by atoms with Gasteiger partial charge in [0.05, 0.1) is 16.4 Å². The van der Waals surface area contributed by atoms with Crippen LogP contribution >= 0.6 is 27.3 Å². The fraction of sp³-hybridized carbons (Fsp3) is 0.583. The number of rotatable bonds is 7. The lowest BCUT2D eigenvalue weighted by Crippen LogP contribution is -2.44. The number of likely N-dealkylation sites (N-methyl/N-ethyl adjacent to an activating group) is 1. The van der Waals surface area contributed by atoms with Crippen LogP contribution in [0.5, 0.6) is 0 Å². The van der Waals surface area contributed by atoms with Crippen LogP contribution in [0.1, 0.15) is 31.2 Å². The van der Waals surface area contributed by atoms with Crippen molar-refractivity contribution in [3.05, 3.63) is 20.8 Å². The molecular weight excluding hydrogens is 314 g/mol. The molecule has 4 nitrogen and oxygen atoms in total. The molecule has 1 rings (SSSR count). The molecule has 0 saturated carbocycles. The van der Waals surface area contributed by atoms with Gasteiger partial charge in [0.25, 0.3) is 0 Å². The van der Waals surface area contributed by atoms with Gasteiger partial charge in [-0.3, -0.25) is 9.69 Å². The lowest BCUT2D eigenvalue weighted by molar-refractivity contribution is -0.119. The number of primary amides is 1. The Morgan fingerprint density at radius 3 is 2.56 bits per heavy atom. The molecule has 0 spiro atoms. The van der Waals surface area contributed by atoms with Crippen LogP contribution in [0.4, 0.5) is 0 Å². The maximum atomic E-state index is 11.2. The van der Waals surface area contributed by atoms with Crippen LogP contribution in [0.15, 0.2) is 15.9 Å². The summed E-state index contributed by atoms with van der Waals surface area (Å²) in [5, 5.41) is 0. The van der Waals surface area contributed by atoms with Gasteiger partial charge in [0.15, 0.2) is 0 Å². The van der Waals surface area contributed by atoms with E-state index < -0.39 is 0 Å². The summed E-state index contributed by atoms with van der Waals surface area (Å²) in [6.45, 7) is 5.06. The van der Waals surface area contributed by atoms with Gasteiger partial charge in [0, 0.05) is 10.9 Å². The molecule has 0 aliphatic heterocycles. The van der Waals surface area contributed by atoms with E-state index in [4.69, 9.17) is 11.5 Å². The Bertz CT molecular complexity index is 396. The maximum absolute atomic E-state index is 11.2. The van der Waals surface area contributed by atoms with Crippen LogP contribution in [-0.2, 0) is 4.79 Å². The molecule has 2 unspecified atom stereocenters. The molecule has 2 atom stereocenters. The standard InChI is InChI=1S/C12H20BrN3OS/c1-3-8(14)12(9-5-6-10(13)18-9)16(4-2)7-11(15)17/h5-6,8,12H,3-4,7,14H2,1-2H3,(H2,15,17). The third-order valence-corrected chi connectivity index (χ3v) is 4.62. The molecule has 0 saturated heterocycles. The highest BCUT2D eigenvalue weighted by Gasteiger charge is 2.27. The minimum Gasteiger partial charge on any atom is -0.369 e. The van der Waals surface area contributed by atoms with Gasteiger partial charge in [0.1, 0.15) is 0 Å². The molecule has 1 aromatic heterocycles. The molecule has 1 aromatic rings. The summed E-state index contributed by atoms with van der Waals surface area (Å²) < 4.78 is 1.07. The lowest BCUT2D eigenvalue weighted by Gasteiger charge is -2.33. The summed E-state index contributed by atoms with van der Waals surface area (Å²) in [6.07, 6.45) is 0.857. The summed E-state index contributed by atoms with van der Waals surface area (Å²) in [7, 11) is 0. The van der Waals surface area contributed by atoms with E-state index in [2.05, 4.69) is 28.9 Å². The Morgan fingerprint density at radius 1 is 1.50 bits per heavy atom. The van der Waals surface area contributed by atoms with E-state index in [-0.39, 0.29) is 24.5 Å². The zero-order valence-corrected chi connectivity index (χ0v) is 13.1. The first kappa shape index (κ1) is 15.6. The van der Waals surface area contributed by atoms with Crippen molar-refractivity contribution in [2.75, 3.05) is 13.1 Å². The second-order valence-corrected chi connectivity index (χ2v) is 6.68. The van der Waals surface area contributed by atoms with Crippen LogP contribution in [0, 0.1) is 0 Å².